The minimum absolute atomic E-state index is 0.184. The van der Waals surface area contributed by atoms with Crippen molar-refractivity contribution >= 4 is 12.0 Å². The van der Waals surface area contributed by atoms with Crippen LogP contribution in [0.2, 0.25) is 0 Å². The number of rotatable bonds is 10. The molecule has 0 bridgehead atoms. The molecule has 2 amide bonds. The maximum absolute atomic E-state index is 13.5. The summed E-state index contributed by atoms with van der Waals surface area (Å²) in [4.78, 5) is 30.4. The standard InChI is InChI=1S/C30H45N3O4/c1-20(2)32(21(3)4)17-15-31-29(34)28-27-13-12-26(36-19-25-11-9-8-10-23(25)7)18-24(27)14-16-33(28)30(35)37-22(5)6/h8-9,11-13,18,20-23,28H,10,14-17,19H2,1-7H3,(H,31,34). The Morgan fingerprint density at radius 2 is 1.86 bits per heavy atom. The van der Waals surface area contributed by atoms with Crippen molar-refractivity contribution in [3.8, 4) is 5.75 Å². The van der Waals surface area contributed by atoms with Crippen molar-refractivity contribution in [1.29, 1.82) is 0 Å². The zero-order valence-corrected chi connectivity index (χ0v) is 23.6. The first kappa shape index (κ1) is 28.8. The van der Waals surface area contributed by atoms with Gasteiger partial charge in [0.25, 0.3) is 0 Å². The topological polar surface area (TPSA) is 71.1 Å². The molecular formula is C30H45N3O4. The van der Waals surface area contributed by atoms with E-state index in [0.717, 1.165) is 29.8 Å². The Morgan fingerprint density at radius 1 is 1.14 bits per heavy atom. The Kier molecular flexibility index (Phi) is 10.2. The molecule has 0 saturated carbocycles. The van der Waals surface area contributed by atoms with Crippen molar-refractivity contribution in [2.45, 2.75) is 85.5 Å². The molecule has 1 aromatic carbocycles. The molecule has 2 aliphatic rings. The molecule has 0 saturated heterocycles. The van der Waals surface area contributed by atoms with Crippen molar-refractivity contribution in [2.24, 2.45) is 5.92 Å². The van der Waals surface area contributed by atoms with Gasteiger partial charge in [0.1, 0.15) is 18.4 Å². The van der Waals surface area contributed by atoms with E-state index in [1.54, 1.807) is 4.90 Å². The highest BCUT2D eigenvalue weighted by Gasteiger charge is 2.37. The lowest BCUT2D eigenvalue weighted by Gasteiger charge is -2.36. The van der Waals surface area contributed by atoms with E-state index >= 15 is 0 Å². The highest BCUT2D eigenvalue weighted by molar-refractivity contribution is 5.88. The van der Waals surface area contributed by atoms with Crippen molar-refractivity contribution in [1.82, 2.24) is 15.1 Å². The summed E-state index contributed by atoms with van der Waals surface area (Å²) in [6.07, 6.45) is 7.34. The monoisotopic (exact) mass is 511 g/mol. The number of fused-ring (bicyclic) bond motifs is 1. The number of allylic oxidation sites excluding steroid dienone is 3. The lowest BCUT2D eigenvalue weighted by Crippen LogP contribution is -2.49. The normalized spacial score (nSPS) is 19.3. The second kappa shape index (κ2) is 13.1. The van der Waals surface area contributed by atoms with Crippen molar-refractivity contribution < 1.29 is 19.1 Å². The molecular weight excluding hydrogens is 466 g/mol. The average Bonchev–Trinajstić information content (AvgIpc) is 2.84. The summed E-state index contributed by atoms with van der Waals surface area (Å²) in [5.74, 6) is 1.07. The Balaban J connectivity index is 1.77. The van der Waals surface area contributed by atoms with Crippen LogP contribution in [-0.2, 0) is 16.0 Å². The summed E-state index contributed by atoms with van der Waals surface area (Å²) < 4.78 is 11.6. The zero-order valence-electron chi connectivity index (χ0n) is 23.6. The molecule has 0 spiro atoms. The van der Waals surface area contributed by atoms with Crippen molar-refractivity contribution in [3.63, 3.8) is 0 Å². The first-order chi connectivity index (χ1) is 17.6. The second-order valence-corrected chi connectivity index (χ2v) is 11.0. The lowest BCUT2D eigenvalue weighted by molar-refractivity contribution is -0.126. The quantitative estimate of drug-likeness (QED) is 0.464. The number of carbonyl (C=O) groups is 2. The fourth-order valence-corrected chi connectivity index (χ4v) is 5.11. The Morgan fingerprint density at radius 3 is 2.51 bits per heavy atom. The molecule has 1 aromatic rings. The van der Waals surface area contributed by atoms with Gasteiger partial charge in [0.2, 0.25) is 5.91 Å². The molecule has 1 aliphatic heterocycles. The van der Waals surface area contributed by atoms with E-state index in [4.69, 9.17) is 9.47 Å². The largest absolute Gasteiger partial charge is 0.489 e. The molecule has 0 aromatic heterocycles. The smallest absolute Gasteiger partial charge is 0.410 e. The first-order valence-electron chi connectivity index (χ1n) is 13.7. The number of hydrogen-bond donors (Lipinski definition) is 1. The molecule has 2 atom stereocenters. The van der Waals surface area contributed by atoms with Crippen LogP contribution in [0, 0.1) is 5.92 Å². The molecule has 1 N–H and O–H groups in total. The van der Waals surface area contributed by atoms with Crippen LogP contribution in [-0.4, -0.2) is 66.2 Å². The van der Waals surface area contributed by atoms with Gasteiger partial charge in [0, 0.05) is 31.7 Å². The minimum atomic E-state index is -0.734. The lowest BCUT2D eigenvalue weighted by atomic mass is 9.91. The minimum Gasteiger partial charge on any atom is -0.489 e. The first-order valence-corrected chi connectivity index (χ1v) is 13.7. The number of nitrogens with one attached hydrogen (secondary N) is 1. The predicted octanol–water partition coefficient (Wildman–Crippen LogP) is 5.27. The fourth-order valence-electron chi connectivity index (χ4n) is 5.11. The van der Waals surface area contributed by atoms with E-state index in [1.807, 2.05) is 32.0 Å². The van der Waals surface area contributed by atoms with E-state index in [9.17, 15) is 9.59 Å². The maximum Gasteiger partial charge on any atom is 0.410 e. The zero-order chi connectivity index (χ0) is 27.1. The number of benzene rings is 1. The molecule has 3 rings (SSSR count). The molecule has 0 radical (unpaired) electrons. The van der Waals surface area contributed by atoms with E-state index in [-0.39, 0.29) is 12.0 Å². The molecule has 7 nitrogen and oxygen atoms in total. The second-order valence-electron chi connectivity index (χ2n) is 11.0. The summed E-state index contributed by atoms with van der Waals surface area (Å²) in [5, 5.41) is 3.08. The summed E-state index contributed by atoms with van der Waals surface area (Å²) >= 11 is 0. The van der Waals surface area contributed by atoms with Gasteiger partial charge in [0.05, 0.1) is 6.10 Å². The van der Waals surface area contributed by atoms with Gasteiger partial charge in [-0.2, -0.15) is 0 Å². The third-order valence-corrected chi connectivity index (χ3v) is 7.13. The van der Waals surface area contributed by atoms with Crippen LogP contribution in [0.4, 0.5) is 4.79 Å². The molecule has 37 heavy (non-hydrogen) atoms. The number of carbonyl (C=O) groups excluding carboxylic acids is 2. The average molecular weight is 512 g/mol. The predicted molar refractivity (Wildman–Crippen MR) is 148 cm³/mol. The molecule has 204 valence electrons. The highest BCUT2D eigenvalue weighted by atomic mass is 16.6. The molecule has 1 heterocycles. The van der Waals surface area contributed by atoms with Crippen LogP contribution in [0.3, 0.4) is 0 Å². The summed E-state index contributed by atoms with van der Waals surface area (Å²) in [7, 11) is 0. The van der Waals surface area contributed by atoms with Crippen molar-refractivity contribution in [3.05, 3.63) is 53.1 Å². The Hall–Kier alpha value is -2.80. The summed E-state index contributed by atoms with van der Waals surface area (Å²) in [6, 6.07) is 5.88. The van der Waals surface area contributed by atoms with Gasteiger partial charge in [-0.1, -0.05) is 31.2 Å². The van der Waals surface area contributed by atoms with Gasteiger partial charge in [-0.15, -0.1) is 0 Å². The molecule has 2 unspecified atom stereocenters. The van der Waals surface area contributed by atoms with E-state index in [1.165, 1.54) is 5.57 Å². The fraction of sp³-hybridized carbons (Fsp3) is 0.600. The molecule has 1 aliphatic carbocycles. The summed E-state index contributed by atoms with van der Waals surface area (Å²) in [5.41, 5.74) is 3.13. The third kappa shape index (κ3) is 7.60. The van der Waals surface area contributed by atoms with Gasteiger partial charge in [-0.05, 0) is 89.1 Å². The van der Waals surface area contributed by atoms with Crippen LogP contribution in [0.5, 0.6) is 5.75 Å². The van der Waals surface area contributed by atoms with Gasteiger partial charge in [0.15, 0.2) is 0 Å². The van der Waals surface area contributed by atoms with Crippen LogP contribution < -0.4 is 10.1 Å². The highest BCUT2D eigenvalue weighted by Crippen LogP contribution is 2.33. The van der Waals surface area contributed by atoms with E-state index in [0.29, 0.717) is 44.1 Å². The summed E-state index contributed by atoms with van der Waals surface area (Å²) in [6.45, 7) is 16.7. The van der Waals surface area contributed by atoms with Gasteiger partial charge in [-0.3, -0.25) is 14.6 Å². The van der Waals surface area contributed by atoms with Gasteiger partial charge >= 0.3 is 6.09 Å². The van der Waals surface area contributed by atoms with E-state index < -0.39 is 12.1 Å². The number of amides is 2. The Bertz CT molecular complexity index is 991. The van der Waals surface area contributed by atoms with Crippen LogP contribution in [0.25, 0.3) is 0 Å². The SMILES string of the molecule is CC(C)OC(=O)N1CCc2cc(OCC3=CC=CCC3C)ccc2C1C(=O)NCCN(C(C)C)C(C)C. The molecule has 0 fully saturated rings. The van der Waals surface area contributed by atoms with Gasteiger partial charge in [-0.25, -0.2) is 4.79 Å². The number of nitrogens with zero attached hydrogens (tertiary/aromatic N) is 2. The Labute approximate surface area is 222 Å². The van der Waals surface area contributed by atoms with Crippen LogP contribution in [0.15, 0.2) is 42.0 Å². The van der Waals surface area contributed by atoms with Crippen molar-refractivity contribution in [2.75, 3.05) is 26.2 Å². The number of hydrogen-bond acceptors (Lipinski definition) is 5. The van der Waals surface area contributed by atoms with Crippen LogP contribution in [0.1, 0.15) is 72.1 Å². The van der Waals surface area contributed by atoms with Gasteiger partial charge < -0.3 is 14.8 Å². The van der Waals surface area contributed by atoms with Crippen LogP contribution >= 0.6 is 0 Å². The number of ether oxygens (including phenoxy) is 2. The van der Waals surface area contributed by atoms with E-state index in [2.05, 4.69) is 63.1 Å². The third-order valence-electron chi connectivity index (χ3n) is 7.13. The maximum atomic E-state index is 13.5. The molecule has 7 heteroatoms.